The quantitative estimate of drug-likeness (QED) is 0.188. The molecule has 0 saturated heterocycles. The first-order chi connectivity index (χ1) is 25.8. The molecule has 0 spiro atoms. The van der Waals surface area contributed by atoms with Crippen LogP contribution in [0, 0.1) is 0 Å². The summed E-state index contributed by atoms with van der Waals surface area (Å²) in [5, 5.41) is 9.27. The lowest BCUT2D eigenvalue weighted by Gasteiger charge is -2.10. The van der Waals surface area contributed by atoms with Gasteiger partial charge < -0.3 is 8.98 Å². The molecule has 0 N–H and O–H groups in total. The van der Waals surface area contributed by atoms with Gasteiger partial charge >= 0.3 is 0 Å². The molecule has 0 aliphatic rings. The third-order valence-electron chi connectivity index (χ3n) is 10.2. The van der Waals surface area contributed by atoms with Crippen molar-refractivity contribution in [3.8, 4) is 39.9 Å². The minimum atomic E-state index is 0.601. The smallest absolute Gasteiger partial charge is 0.164 e. The van der Waals surface area contributed by atoms with Crippen LogP contribution in [-0.2, 0) is 0 Å². The molecule has 5 heteroatoms. The molecule has 0 aliphatic heterocycles. The number of hydrogen-bond acceptors (Lipinski definition) is 4. The summed E-state index contributed by atoms with van der Waals surface area (Å²) < 4.78 is 8.99. The Hall–Kier alpha value is -7.11. The third kappa shape index (κ3) is 4.39. The second kappa shape index (κ2) is 11.2. The van der Waals surface area contributed by atoms with Crippen molar-refractivity contribution < 1.29 is 4.42 Å². The van der Waals surface area contributed by atoms with Gasteiger partial charge in [0.1, 0.15) is 11.2 Å². The Kier molecular flexibility index (Phi) is 6.18. The predicted octanol–water partition coefficient (Wildman–Crippen LogP) is 12.2. The van der Waals surface area contributed by atoms with Crippen molar-refractivity contribution in [3.63, 3.8) is 0 Å². The molecule has 0 unspecified atom stereocenters. The van der Waals surface area contributed by atoms with Crippen molar-refractivity contribution in [2.75, 3.05) is 0 Å². The third-order valence-corrected chi connectivity index (χ3v) is 10.2. The van der Waals surface area contributed by atoms with Gasteiger partial charge in [-0.3, -0.25) is 0 Å². The first-order valence-electron chi connectivity index (χ1n) is 17.4. The van der Waals surface area contributed by atoms with Crippen LogP contribution in [0.25, 0.3) is 105 Å². The van der Waals surface area contributed by atoms with Crippen LogP contribution in [0.4, 0.5) is 0 Å². The van der Waals surface area contributed by atoms with Gasteiger partial charge in [-0.15, -0.1) is 0 Å². The van der Waals surface area contributed by atoms with E-state index in [1.54, 1.807) is 0 Å². The molecule has 8 aromatic carbocycles. The summed E-state index contributed by atoms with van der Waals surface area (Å²) in [6.07, 6.45) is 0. The molecule has 3 aromatic heterocycles. The van der Waals surface area contributed by atoms with E-state index in [0.29, 0.717) is 17.5 Å². The summed E-state index contributed by atoms with van der Waals surface area (Å²) in [6.45, 7) is 0. The molecule has 0 amide bonds. The lowest BCUT2D eigenvalue weighted by atomic mass is 10.0. The van der Waals surface area contributed by atoms with Crippen molar-refractivity contribution in [2.45, 2.75) is 0 Å². The summed E-state index contributed by atoms with van der Waals surface area (Å²) in [7, 11) is 0. The maximum Gasteiger partial charge on any atom is 0.164 e. The highest BCUT2D eigenvalue weighted by atomic mass is 16.3. The Morgan fingerprint density at radius 3 is 1.98 bits per heavy atom. The van der Waals surface area contributed by atoms with Crippen molar-refractivity contribution >= 4 is 65.3 Å². The molecule has 11 rings (SSSR count). The average Bonchev–Trinajstić information content (AvgIpc) is 3.76. The van der Waals surface area contributed by atoms with Gasteiger partial charge in [0.25, 0.3) is 0 Å². The van der Waals surface area contributed by atoms with E-state index in [1.165, 1.54) is 26.9 Å². The van der Waals surface area contributed by atoms with Crippen molar-refractivity contribution in [2.24, 2.45) is 0 Å². The zero-order valence-electron chi connectivity index (χ0n) is 27.9. The maximum absolute atomic E-state index is 6.64. The second-order valence-corrected chi connectivity index (χ2v) is 13.2. The van der Waals surface area contributed by atoms with Crippen LogP contribution in [0.2, 0.25) is 0 Å². The van der Waals surface area contributed by atoms with Crippen molar-refractivity contribution in [3.05, 3.63) is 170 Å². The molecule has 242 valence electrons. The van der Waals surface area contributed by atoms with Crippen LogP contribution < -0.4 is 0 Å². The maximum atomic E-state index is 6.64. The van der Waals surface area contributed by atoms with Crippen molar-refractivity contribution in [1.29, 1.82) is 0 Å². The fourth-order valence-corrected chi connectivity index (χ4v) is 7.83. The first-order valence-corrected chi connectivity index (χ1v) is 17.4. The van der Waals surface area contributed by atoms with Gasteiger partial charge in [-0.25, -0.2) is 15.0 Å². The summed E-state index contributed by atoms with van der Waals surface area (Å²) in [5.41, 5.74) is 7.72. The van der Waals surface area contributed by atoms with E-state index in [0.717, 1.165) is 60.7 Å². The van der Waals surface area contributed by atoms with Crippen LogP contribution in [0.1, 0.15) is 0 Å². The van der Waals surface area contributed by atoms with Gasteiger partial charge in [0.05, 0.1) is 11.0 Å². The monoisotopic (exact) mass is 664 g/mol. The highest BCUT2D eigenvalue weighted by molar-refractivity contribution is 6.21. The summed E-state index contributed by atoms with van der Waals surface area (Å²) >= 11 is 0. The summed E-state index contributed by atoms with van der Waals surface area (Å²) in [5.74, 6) is 1.85. The zero-order valence-corrected chi connectivity index (χ0v) is 27.9. The second-order valence-electron chi connectivity index (χ2n) is 13.2. The van der Waals surface area contributed by atoms with Gasteiger partial charge in [0.2, 0.25) is 0 Å². The van der Waals surface area contributed by atoms with Gasteiger partial charge in [0.15, 0.2) is 17.5 Å². The molecular weight excluding hydrogens is 637 g/mol. The van der Waals surface area contributed by atoms with Gasteiger partial charge in [-0.2, -0.15) is 0 Å². The van der Waals surface area contributed by atoms with Crippen LogP contribution in [0.15, 0.2) is 174 Å². The average molecular weight is 665 g/mol. The summed E-state index contributed by atoms with van der Waals surface area (Å²) in [6, 6.07) is 59.1. The molecule has 3 heterocycles. The molecule has 0 fully saturated rings. The van der Waals surface area contributed by atoms with E-state index < -0.39 is 0 Å². The molecule has 0 saturated carbocycles. The summed E-state index contributed by atoms with van der Waals surface area (Å²) in [4.78, 5) is 15.2. The first kappa shape index (κ1) is 28.7. The van der Waals surface area contributed by atoms with E-state index >= 15 is 0 Å². The molecule has 0 bridgehead atoms. The van der Waals surface area contributed by atoms with Gasteiger partial charge in [0, 0.05) is 50.0 Å². The number of furan rings is 1. The normalized spacial score (nSPS) is 11.8. The standard InChI is InChI=1S/C47H28N4O/c1-2-13-31(14-3-1)45-48-46(33-22-21-29-11-4-5-15-32(29)27-33)50-47(49-45)38-18-10-20-41-44(38)37-25-24-34(28-42(37)52-41)51-39-19-9-8-17-36(39)43-35-16-7-6-12-30(35)23-26-40(43)51/h1-28H. The lowest BCUT2D eigenvalue weighted by Crippen LogP contribution is -2.00. The van der Waals surface area contributed by atoms with Crippen LogP contribution in [0.5, 0.6) is 0 Å². The molecule has 5 nitrogen and oxygen atoms in total. The fraction of sp³-hybridized carbons (Fsp3) is 0. The highest BCUT2D eigenvalue weighted by Gasteiger charge is 2.20. The Labute approximate surface area is 298 Å². The van der Waals surface area contributed by atoms with Crippen LogP contribution in [-0.4, -0.2) is 19.5 Å². The van der Waals surface area contributed by atoms with E-state index in [9.17, 15) is 0 Å². The van der Waals surface area contributed by atoms with Crippen LogP contribution in [0.3, 0.4) is 0 Å². The van der Waals surface area contributed by atoms with Gasteiger partial charge in [-0.1, -0.05) is 127 Å². The number of rotatable bonds is 4. The molecule has 0 atom stereocenters. The highest BCUT2D eigenvalue weighted by Crippen LogP contribution is 2.40. The Balaban J connectivity index is 1.12. The Bertz CT molecular complexity index is 3190. The van der Waals surface area contributed by atoms with Crippen LogP contribution >= 0.6 is 0 Å². The van der Waals surface area contributed by atoms with Crippen molar-refractivity contribution in [1.82, 2.24) is 19.5 Å². The lowest BCUT2D eigenvalue weighted by molar-refractivity contribution is 0.668. The number of nitrogens with zero attached hydrogens (tertiary/aromatic N) is 4. The molecular formula is C47H28N4O. The molecule has 11 aromatic rings. The Morgan fingerprint density at radius 2 is 1.10 bits per heavy atom. The SMILES string of the molecule is c1ccc(-c2nc(-c3ccc4ccccc4c3)nc(-c3cccc4oc5cc(-n6c7ccccc7c7c8ccccc8ccc76)ccc5c34)n2)cc1. The number of aromatic nitrogens is 4. The molecule has 0 radical (unpaired) electrons. The number of fused-ring (bicyclic) bond motifs is 9. The molecule has 52 heavy (non-hydrogen) atoms. The van der Waals surface area contributed by atoms with E-state index in [-0.39, 0.29) is 0 Å². The zero-order chi connectivity index (χ0) is 34.2. The number of benzene rings is 8. The minimum absolute atomic E-state index is 0.601. The number of para-hydroxylation sites is 1. The van der Waals surface area contributed by atoms with E-state index in [4.69, 9.17) is 19.4 Å². The van der Waals surface area contributed by atoms with Gasteiger partial charge in [-0.05, 0) is 57.9 Å². The topological polar surface area (TPSA) is 56.7 Å². The fourth-order valence-electron chi connectivity index (χ4n) is 7.83. The molecule has 0 aliphatic carbocycles. The predicted molar refractivity (Wildman–Crippen MR) is 213 cm³/mol. The number of hydrogen-bond donors (Lipinski definition) is 0. The minimum Gasteiger partial charge on any atom is -0.456 e. The largest absolute Gasteiger partial charge is 0.456 e. The van der Waals surface area contributed by atoms with E-state index in [2.05, 4.69) is 132 Å². The Morgan fingerprint density at radius 1 is 0.385 bits per heavy atom. The van der Waals surface area contributed by atoms with E-state index in [1.807, 2.05) is 42.5 Å².